The molecule has 0 aromatic heterocycles. The number of Topliss-reactive ketones (excluding diaryl/α,β-unsaturated/α-hetero) is 1. The largest absolute Gasteiger partial charge is 0.339 e. The number of likely N-dealkylation sites (tertiary alicyclic amines) is 1. The van der Waals surface area contributed by atoms with E-state index in [1.54, 1.807) is 6.92 Å². The molecule has 1 aliphatic heterocycles. The minimum Gasteiger partial charge on any atom is -0.339 e. The zero-order valence-corrected chi connectivity index (χ0v) is 13.1. The third-order valence-corrected chi connectivity index (χ3v) is 4.20. The van der Waals surface area contributed by atoms with Crippen molar-refractivity contribution in [1.29, 1.82) is 0 Å². The van der Waals surface area contributed by atoms with Gasteiger partial charge in [0.25, 0.3) is 0 Å². The van der Waals surface area contributed by atoms with Crippen LogP contribution in [0.25, 0.3) is 0 Å². The van der Waals surface area contributed by atoms with E-state index in [9.17, 15) is 9.59 Å². The van der Waals surface area contributed by atoms with Gasteiger partial charge in [0, 0.05) is 19.0 Å². The molecule has 0 radical (unpaired) electrons. The maximum atomic E-state index is 12.6. The second kappa shape index (κ2) is 7.39. The molecule has 1 aliphatic rings. The number of hydrogen-bond acceptors (Lipinski definition) is 2. The van der Waals surface area contributed by atoms with E-state index in [2.05, 4.69) is 0 Å². The lowest BCUT2D eigenvalue weighted by Gasteiger charge is -2.29. The molecule has 3 nitrogen and oxygen atoms in total. The summed E-state index contributed by atoms with van der Waals surface area (Å²) in [6.45, 7) is 4.46. The lowest BCUT2D eigenvalue weighted by molar-refractivity contribution is -0.133. The molecular formula is C18H25NO2. The van der Waals surface area contributed by atoms with Gasteiger partial charge < -0.3 is 4.90 Å². The average molecular weight is 287 g/mol. The summed E-state index contributed by atoms with van der Waals surface area (Å²) in [6.07, 6.45) is 5.22. The quantitative estimate of drug-likeness (QED) is 0.852. The molecule has 21 heavy (non-hydrogen) atoms. The predicted octanol–water partition coefficient (Wildman–Crippen LogP) is 3.29. The molecule has 1 saturated heterocycles. The number of carbonyl (C=O) groups is 2. The van der Waals surface area contributed by atoms with Gasteiger partial charge in [0.15, 0.2) is 0 Å². The molecule has 1 aromatic carbocycles. The summed E-state index contributed by atoms with van der Waals surface area (Å²) in [6, 6.07) is 8.22. The van der Waals surface area contributed by atoms with E-state index in [0.29, 0.717) is 12.8 Å². The van der Waals surface area contributed by atoms with Gasteiger partial charge in [-0.15, -0.1) is 0 Å². The highest BCUT2D eigenvalue weighted by molar-refractivity contribution is 5.81. The lowest BCUT2D eigenvalue weighted by Crippen LogP contribution is -2.41. The zero-order chi connectivity index (χ0) is 15.2. The van der Waals surface area contributed by atoms with Crippen LogP contribution >= 0.6 is 0 Å². The fourth-order valence-corrected chi connectivity index (χ4v) is 3.03. The van der Waals surface area contributed by atoms with Crippen molar-refractivity contribution in [3.8, 4) is 0 Å². The molecule has 1 amide bonds. The molecule has 1 heterocycles. The summed E-state index contributed by atoms with van der Waals surface area (Å²) in [5.41, 5.74) is 2.26. The molecule has 2 rings (SSSR count). The van der Waals surface area contributed by atoms with Crippen LogP contribution in [0.5, 0.6) is 0 Å². The van der Waals surface area contributed by atoms with Crippen molar-refractivity contribution < 1.29 is 9.59 Å². The van der Waals surface area contributed by atoms with Gasteiger partial charge in [-0.05, 0) is 32.3 Å². The number of rotatable bonds is 4. The van der Waals surface area contributed by atoms with Crippen LogP contribution in [0, 0.1) is 6.92 Å². The Bertz CT molecular complexity index is 492. The Labute approximate surface area is 127 Å². The first-order valence-electron chi connectivity index (χ1n) is 7.90. The van der Waals surface area contributed by atoms with Crippen molar-refractivity contribution in [2.24, 2.45) is 0 Å². The smallest absolute Gasteiger partial charge is 0.227 e. The van der Waals surface area contributed by atoms with Crippen molar-refractivity contribution >= 4 is 11.7 Å². The minimum absolute atomic E-state index is 0.1000. The Balaban J connectivity index is 2.06. The van der Waals surface area contributed by atoms with Crippen LogP contribution in [0.4, 0.5) is 0 Å². The standard InChI is InChI=1S/C18H25NO2/c1-14-7-9-16(10-8-14)13-18(21)19-11-5-3-4-6-17(19)12-15(2)20/h7-10,17H,3-6,11-13H2,1-2H3. The summed E-state index contributed by atoms with van der Waals surface area (Å²) in [7, 11) is 0. The summed E-state index contributed by atoms with van der Waals surface area (Å²) < 4.78 is 0. The van der Waals surface area contributed by atoms with E-state index < -0.39 is 0 Å². The third-order valence-electron chi connectivity index (χ3n) is 4.20. The number of carbonyl (C=O) groups excluding carboxylic acids is 2. The summed E-state index contributed by atoms with van der Waals surface area (Å²) >= 11 is 0. The number of benzene rings is 1. The molecule has 0 aliphatic carbocycles. The Kier molecular flexibility index (Phi) is 5.54. The Morgan fingerprint density at radius 3 is 2.52 bits per heavy atom. The first-order valence-corrected chi connectivity index (χ1v) is 7.90. The van der Waals surface area contributed by atoms with Crippen molar-refractivity contribution in [2.75, 3.05) is 6.54 Å². The van der Waals surface area contributed by atoms with Crippen molar-refractivity contribution in [3.05, 3.63) is 35.4 Å². The molecule has 114 valence electrons. The second-order valence-electron chi connectivity index (χ2n) is 6.16. The number of aryl methyl sites for hydroxylation is 1. The van der Waals surface area contributed by atoms with E-state index in [1.165, 1.54) is 5.56 Å². The molecule has 1 fully saturated rings. The maximum Gasteiger partial charge on any atom is 0.227 e. The number of nitrogens with zero attached hydrogens (tertiary/aromatic N) is 1. The van der Waals surface area contributed by atoms with E-state index in [1.807, 2.05) is 36.1 Å². The molecule has 1 aromatic rings. The fraction of sp³-hybridized carbons (Fsp3) is 0.556. The van der Waals surface area contributed by atoms with Gasteiger partial charge in [-0.1, -0.05) is 42.7 Å². The molecule has 3 heteroatoms. The molecule has 0 N–H and O–H groups in total. The SMILES string of the molecule is CC(=O)CC1CCCCCN1C(=O)Cc1ccc(C)cc1. The normalized spacial score (nSPS) is 19.1. The van der Waals surface area contributed by atoms with E-state index in [0.717, 1.165) is 37.8 Å². The van der Waals surface area contributed by atoms with E-state index in [4.69, 9.17) is 0 Å². The highest BCUT2D eigenvalue weighted by Gasteiger charge is 2.26. The van der Waals surface area contributed by atoms with E-state index >= 15 is 0 Å². The van der Waals surface area contributed by atoms with Gasteiger partial charge in [-0.2, -0.15) is 0 Å². The number of ketones is 1. The summed E-state index contributed by atoms with van der Waals surface area (Å²) in [5.74, 6) is 0.335. The maximum absolute atomic E-state index is 12.6. The van der Waals surface area contributed by atoms with Gasteiger partial charge in [0.1, 0.15) is 5.78 Å². The van der Waals surface area contributed by atoms with Crippen molar-refractivity contribution in [2.45, 2.75) is 58.4 Å². The Morgan fingerprint density at radius 1 is 1.14 bits per heavy atom. The van der Waals surface area contributed by atoms with Gasteiger partial charge in [-0.3, -0.25) is 9.59 Å². The van der Waals surface area contributed by atoms with Crippen LogP contribution in [0.3, 0.4) is 0 Å². The van der Waals surface area contributed by atoms with E-state index in [-0.39, 0.29) is 17.7 Å². The van der Waals surface area contributed by atoms with Crippen LogP contribution in [-0.4, -0.2) is 29.2 Å². The van der Waals surface area contributed by atoms with Crippen LogP contribution in [0.1, 0.15) is 50.2 Å². The first-order chi connectivity index (χ1) is 10.1. The average Bonchev–Trinajstić information content (AvgIpc) is 2.66. The number of hydrogen-bond donors (Lipinski definition) is 0. The molecule has 0 bridgehead atoms. The van der Waals surface area contributed by atoms with Gasteiger partial charge >= 0.3 is 0 Å². The predicted molar refractivity (Wildman–Crippen MR) is 84.2 cm³/mol. The van der Waals surface area contributed by atoms with Crippen molar-refractivity contribution in [1.82, 2.24) is 4.90 Å². The van der Waals surface area contributed by atoms with Crippen LogP contribution < -0.4 is 0 Å². The lowest BCUT2D eigenvalue weighted by atomic mass is 10.0. The topological polar surface area (TPSA) is 37.4 Å². The van der Waals surface area contributed by atoms with Crippen molar-refractivity contribution in [3.63, 3.8) is 0 Å². The fourth-order valence-electron chi connectivity index (χ4n) is 3.03. The first kappa shape index (κ1) is 15.7. The van der Waals surface area contributed by atoms with Crippen LogP contribution in [0.2, 0.25) is 0 Å². The number of amides is 1. The summed E-state index contributed by atoms with van der Waals surface area (Å²) in [4.78, 5) is 26.0. The Hall–Kier alpha value is -1.64. The Morgan fingerprint density at radius 2 is 1.86 bits per heavy atom. The molecule has 1 unspecified atom stereocenters. The second-order valence-corrected chi connectivity index (χ2v) is 6.16. The van der Waals surface area contributed by atoms with Gasteiger partial charge in [-0.25, -0.2) is 0 Å². The molecular weight excluding hydrogens is 262 g/mol. The molecule has 0 spiro atoms. The van der Waals surface area contributed by atoms with Crippen LogP contribution in [0.15, 0.2) is 24.3 Å². The highest BCUT2D eigenvalue weighted by atomic mass is 16.2. The minimum atomic E-state index is 0.1000. The monoisotopic (exact) mass is 287 g/mol. The third kappa shape index (κ3) is 4.69. The zero-order valence-electron chi connectivity index (χ0n) is 13.1. The molecule has 1 atom stereocenters. The van der Waals surface area contributed by atoms with Gasteiger partial charge in [0.2, 0.25) is 5.91 Å². The molecule has 0 saturated carbocycles. The van der Waals surface area contributed by atoms with Crippen LogP contribution in [-0.2, 0) is 16.0 Å². The summed E-state index contributed by atoms with van der Waals surface area (Å²) in [5, 5.41) is 0. The highest BCUT2D eigenvalue weighted by Crippen LogP contribution is 2.21. The van der Waals surface area contributed by atoms with Gasteiger partial charge in [0.05, 0.1) is 6.42 Å².